The molecule has 0 spiro atoms. The van der Waals surface area contributed by atoms with Gasteiger partial charge in [-0.05, 0) is 68.0 Å². The number of amides is 1. The number of rotatable bonds is 7. The molecule has 2 aromatic carbocycles. The number of ether oxygens (including phenoxy) is 1. The van der Waals surface area contributed by atoms with Gasteiger partial charge in [0.25, 0.3) is 15.9 Å². The Morgan fingerprint density at radius 2 is 1.69 bits per heavy atom. The molecule has 1 saturated carbocycles. The monoisotopic (exact) mass is 416 g/mol. The highest BCUT2D eigenvalue weighted by Gasteiger charge is 2.22. The number of carbonyl (C=O) groups is 1. The van der Waals surface area contributed by atoms with E-state index in [1.807, 2.05) is 0 Å². The van der Waals surface area contributed by atoms with Crippen molar-refractivity contribution in [2.24, 2.45) is 5.92 Å². The third-order valence-corrected chi connectivity index (χ3v) is 6.92. The van der Waals surface area contributed by atoms with E-state index in [1.165, 1.54) is 25.7 Å². The summed E-state index contributed by atoms with van der Waals surface area (Å²) >= 11 is 0. The molecule has 1 amide bonds. The predicted octanol–water partition coefficient (Wildman–Crippen LogP) is 4.19. The lowest BCUT2D eigenvalue weighted by atomic mass is 9.84. The number of benzene rings is 2. The summed E-state index contributed by atoms with van der Waals surface area (Å²) < 4.78 is 33.0. The Morgan fingerprint density at radius 1 is 1.03 bits per heavy atom. The quantitative estimate of drug-likeness (QED) is 0.709. The molecule has 156 valence electrons. The van der Waals surface area contributed by atoms with Crippen molar-refractivity contribution in [3.8, 4) is 5.75 Å². The summed E-state index contributed by atoms with van der Waals surface area (Å²) in [5.41, 5.74) is 0.818. The van der Waals surface area contributed by atoms with E-state index in [2.05, 4.69) is 17.0 Å². The number of carbonyl (C=O) groups excluding carboxylic acids is 1. The molecule has 7 heteroatoms. The summed E-state index contributed by atoms with van der Waals surface area (Å²) in [6, 6.07) is 13.0. The SMILES string of the molecule is CCC1CCC(NC(=O)c2ccc(S(=O)(=O)Nc3ccccc3OC)cc2)CC1. The number of nitrogens with one attached hydrogen (secondary N) is 2. The Bertz CT molecular complexity index is 934. The van der Waals surface area contributed by atoms with E-state index in [0.717, 1.165) is 31.6 Å². The second kappa shape index (κ2) is 9.31. The van der Waals surface area contributed by atoms with Crippen molar-refractivity contribution in [3.63, 3.8) is 0 Å². The molecule has 0 heterocycles. The summed E-state index contributed by atoms with van der Waals surface area (Å²) in [6.45, 7) is 2.21. The van der Waals surface area contributed by atoms with Gasteiger partial charge < -0.3 is 10.1 Å². The van der Waals surface area contributed by atoms with Crippen LogP contribution in [0.4, 0.5) is 5.69 Å². The van der Waals surface area contributed by atoms with Gasteiger partial charge in [0.05, 0.1) is 17.7 Å². The van der Waals surface area contributed by atoms with Gasteiger partial charge in [-0.25, -0.2) is 8.42 Å². The molecule has 29 heavy (non-hydrogen) atoms. The fraction of sp³-hybridized carbons (Fsp3) is 0.409. The number of sulfonamides is 1. The van der Waals surface area contributed by atoms with Crippen molar-refractivity contribution in [1.29, 1.82) is 0 Å². The van der Waals surface area contributed by atoms with Crippen LogP contribution < -0.4 is 14.8 Å². The molecule has 0 aliphatic heterocycles. The van der Waals surface area contributed by atoms with Gasteiger partial charge in [0, 0.05) is 11.6 Å². The molecule has 0 bridgehead atoms. The molecule has 0 atom stereocenters. The predicted molar refractivity (Wildman–Crippen MR) is 114 cm³/mol. The van der Waals surface area contributed by atoms with Crippen molar-refractivity contribution in [2.45, 2.75) is 50.0 Å². The van der Waals surface area contributed by atoms with Crippen LogP contribution in [0.3, 0.4) is 0 Å². The average molecular weight is 417 g/mol. The largest absolute Gasteiger partial charge is 0.495 e. The number of para-hydroxylation sites is 2. The summed E-state index contributed by atoms with van der Waals surface area (Å²) in [5, 5.41) is 3.07. The number of anilines is 1. The lowest BCUT2D eigenvalue weighted by Gasteiger charge is -2.28. The van der Waals surface area contributed by atoms with E-state index in [-0.39, 0.29) is 16.8 Å². The van der Waals surface area contributed by atoms with Crippen LogP contribution in [0.5, 0.6) is 5.75 Å². The minimum absolute atomic E-state index is 0.0865. The third-order valence-electron chi connectivity index (χ3n) is 5.54. The number of hydrogen-bond donors (Lipinski definition) is 2. The standard InChI is InChI=1S/C22H28N2O4S/c1-3-16-8-12-18(13-9-16)23-22(25)17-10-14-19(15-11-17)29(26,27)24-20-6-4-5-7-21(20)28-2/h4-7,10-11,14-16,18,24H,3,8-9,12-13H2,1-2H3,(H,23,25). The molecular weight excluding hydrogens is 388 g/mol. The van der Waals surface area contributed by atoms with Crippen LogP contribution in [-0.2, 0) is 10.0 Å². The third kappa shape index (κ3) is 5.29. The van der Waals surface area contributed by atoms with Gasteiger partial charge in [-0.3, -0.25) is 9.52 Å². The highest BCUT2D eigenvalue weighted by molar-refractivity contribution is 7.92. The van der Waals surface area contributed by atoms with Crippen molar-refractivity contribution < 1.29 is 17.9 Å². The molecule has 0 unspecified atom stereocenters. The molecule has 6 nitrogen and oxygen atoms in total. The zero-order valence-electron chi connectivity index (χ0n) is 16.9. The topological polar surface area (TPSA) is 84.5 Å². The fourth-order valence-electron chi connectivity index (χ4n) is 3.70. The van der Waals surface area contributed by atoms with Gasteiger partial charge in [-0.2, -0.15) is 0 Å². The molecule has 0 saturated heterocycles. The van der Waals surface area contributed by atoms with Gasteiger partial charge >= 0.3 is 0 Å². The lowest BCUT2D eigenvalue weighted by Crippen LogP contribution is -2.37. The molecule has 1 aliphatic rings. The van der Waals surface area contributed by atoms with Gasteiger partial charge in [0.1, 0.15) is 5.75 Å². The molecule has 3 rings (SSSR count). The maximum Gasteiger partial charge on any atom is 0.262 e. The summed E-state index contributed by atoms with van der Waals surface area (Å²) in [4.78, 5) is 12.6. The van der Waals surface area contributed by atoms with Crippen LogP contribution in [0.15, 0.2) is 53.4 Å². The molecule has 1 fully saturated rings. The van der Waals surface area contributed by atoms with Crippen LogP contribution >= 0.6 is 0 Å². The first-order valence-electron chi connectivity index (χ1n) is 9.99. The molecule has 0 aromatic heterocycles. The van der Waals surface area contributed by atoms with Gasteiger partial charge in [-0.1, -0.05) is 25.5 Å². The summed E-state index contributed by atoms with van der Waals surface area (Å²) in [5.74, 6) is 1.04. The van der Waals surface area contributed by atoms with E-state index in [4.69, 9.17) is 4.74 Å². The molecular formula is C22H28N2O4S. The minimum atomic E-state index is -3.79. The van der Waals surface area contributed by atoms with Crippen LogP contribution in [0, 0.1) is 5.92 Å². The van der Waals surface area contributed by atoms with E-state index < -0.39 is 10.0 Å². The summed E-state index contributed by atoms with van der Waals surface area (Å²) in [6.07, 6.45) is 5.49. The Morgan fingerprint density at radius 3 is 2.31 bits per heavy atom. The second-order valence-electron chi connectivity index (χ2n) is 7.43. The Hall–Kier alpha value is -2.54. The summed E-state index contributed by atoms with van der Waals surface area (Å²) in [7, 11) is -2.30. The Labute approximate surface area is 172 Å². The minimum Gasteiger partial charge on any atom is -0.495 e. The fourth-order valence-corrected chi connectivity index (χ4v) is 4.77. The Kier molecular flexibility index (Phi) is 6.79. The van der Waals surface area contributed by atoms with Crippen molar-refractivity contribution >= 4 is 21.6 Å². The van der Waals surface area contributed by atoms with Gasteiger partial charge in [-0.15, -0.1) is 0 Å². The first-order chi connectivity index (χ1) is 13.9. The first-order valence-corrected chi connectivity index (χ1v) is 11.5. The van der Waals surface area contributed by atoms with Crippen LogP contribution in [-0.4, -0.2) is 27.5 Å². The van der Waals surface area contributed by atoms with Gasteiger partial charge in [0.2, 0.25) is 0 Å². The normalized spacial score (nSPS) is 19.4. The average Bonchev–Trinajstić information content (AvgIpc) is 2.74. The lowest BCUT2D eigenvalue weighted by molar-refractivity contribution is 0.0921. The zero-order chi connectivity index (χ0) is 20.9. The van der Waals surface area contributed by atoms with Crippen LogP contribution in [0.1, 0.15) is 49.4 Å². The van der Waals surface area contributed by atoms with E-state index in [1.54, 1.807) is 36.4 Å². The highest BCUT2D eigenvalue weighted by Crippen LogP contribution is 2.27. The van der Waals surface area contributed by atoms with Crippen molar-refractivity contribution in [1.82, 2.24) is 5.32 Å². The van der Waals surface area contributed by atoms with E-state index in [0.29, 0.717) is 17.0 Å². The molecule has 0 radical (unpaired) electrons. The van der Waals surface area contributed by atoms with Crippen molar-refractivity contribution in [3.05, 3.63) is 54.1 Å². The smallest absolute Gasteiger partial charge is 0.262 e. The van der Waals surface area contributed by atoms with Gasteiger partial charge in [0.15, 0.2) is 0 Å². The van der Waals surface area contributed by atoms with E-state index in [9.17, 15) is 13.2 Å². The first kappa shape index (κ1) is 21.2. The molecule has 1 aliphatic carbocycles. The zero-order valence-corrected chi connectivity index (χ0v) is 17.7. The number of methoxy groups -OCH3 is 1. The highest BCUT2D eigenvalue weighted by atomic mass is 32.2. The second-order valence-corrected chi connectivity index (χ2v) is 9.11. The number of hydrogen-bond acceptors (Lipinski definition) is 4. The van der Waals surface area contributed by atoms with Crippen molar-refractivity contribution in [2.75, 3.05) is 11.8 Å². The maximum atomic E-state index is 12.7. The van der Waals surface area contributed by atoms with E-state index >= 15 is 0 Å². The van der Waals surface area contributed by atoms with Crippen LogP contribution in [0.2, 0.25) is 0 Å². The Balaban J connectivity index is 1.65. The molecule has 2 N–H and O–H groups in total. The molecule has 2 aromatic rings. The van der Waals surface area contributed by atoms with Crippen LogP contribution in [0.25, 0.3) is 0 Å². The maximum absolute atomic E-state index is 12.7.